The van der Waals surface area contributed by atoms with Crippen molar-refractivity contribution >= 4 is 66.8 Å². The van der Waals surface area contributed by atoms with E-state index in [9.17, 15) is 9.90 Å². The molecule has 0 radical (unpaired) electrons. The Balaban J connectivity index is 1.61. The average molecular weight is 519 g/mol. The van der Waals surface area contributed by atoms with Crippen LogP contribution in [0, 0.1) is 0 Å². The summed E-state index contributed by atoms with van der Waals surface area (Å²) in [5.74, 6) is 0.442. The molecule has 0 atom stereocenters. The van der Waals surface area contributed by atoms with Gasteiger partial charge in [-0.15, -0.1) is 5.10 Å². The molecule has 0 bridgehead atoms. The SMILES string of the molecule is O=C(CSc1n[nH]c(-c2cc(Br)ccc2O)n1)Nc1ccc(Br)c(Cl)c1. The second kappa shape index (κ2) is 8.43. The summed E-state index contributed by atoms with van der Waals surface area (Å²) in [5, 5.41) is 20.4. The van der Waals surface area contributed by atoms with Gasteiger partial charge in [-0.1, -0.05) is 39.3 Å². The fraction of sp³-hybridized carbons (Fsp3) is 0.0625. The maximum atomic E-state index is 12.1. The molecule has 1 heterocycles. The van der Waals surface area contributed by atoms with Crippen molar-refractivity contribution in [3.8, 4) is 17.1 Å². The van der Waals surface area contributed by atoms with Crippen molar-refractivity contribution in [3.63, 3.8) is 0 Å². The van der Waals surface area contributed by atoms with Crippen LogP contribution < -0.4 is 5.32 Å². The molecule has 3 rings (SSSR count). The average Bonchev–Trinajstić information content (AvgIpc) is 3.07. The number of benzene rings is 2. The minimum atomic E-state index is -0.204. The summed E-state index contributed by atoms with van der Waals surface area (Å²) >= 11 is 13.8. The molecule has 0 unspecified atom stereocenters. The topological polar surface area (TPSA) is 90.9 Å². The van der Waals surface area contributed by atoms with Gasteiger partial charge in [0.15, 0.2) is 5.82 Å². The number of aromatic amines is 1. The van der Waals surface area contributed by atoms with Gasteiger partial charge >= 0.3 is 0 Å². The zero-order valence-electron chi connectivity index (χ0n) is 13.0. The summed E-state index contributed by atoms with van der Waals surface area (Å²) in [5.41, 5.74) is 1.13. The first-order chi connectivity index (χ1) is 12.4. The van der Waals surface area contributed by atoms with Gasteiger partial charge in [0, 0.05) is 14.6 Å². The minimum Gasteiger partial charge on any atom is -0.507 e. The number of aromatic hydroxyl groups is 1. The molecule has 3 aromatic rings. The Kier molecular flexibility index (Phi) is 6.23. The van der Waals surface area contributed by atoms with Crippen LogP contribution >= 0.6 is 55.2 Å². The number of carbonyl (C=O) groups is 1. The fourth-order valence-corrected chi connectivity index (χ4v) is 3.42. The van der Waals surface area contributed by atoms with E-state index in [1.165, 1.54) is 11.8 Å². The van der Waals surface area contributed by atoms with Gasteiger partial charge < -0.3 is 10.4 Å². The van der Waals surface area contributed by atoms with E-state index in [1.54, 1.807) is 36.4 Å². The molecule has 0 saturated heterocycles. The van der Waals surface area contributed by atoms with Crippen molar-refractivity contribution in [2.75, 3.05) is 11.1 Å². The first-order valence-electron chi connectivity index (χ1n) is 7.21. The summed E-state index contributed by atoms with van der Waals surface area (Å²) in [7, 11) is 0. The molecule has 0 saturated carbocycles. The lowest BCUT2D eigenvalue weighted by Gasteiger charge is -2.05. The second-order valence-electron chi connectivity index (χ2n) is 5.09. The van der Waals surface area contributed by atoms with E-state index >= 15 is 0 Å². The molecule has 0 aliphatic rings. The highest BCUT2D eigenvalue weighted by molar-refractivity contribution is 9.10. The monoisotopic (exact) mass is 516 g/mol. The number of hydrogen-bond donors (Lipinski definition) is 3. The Bertz CT molecular complexity index is 967. The number of nitrogens with one attached hydrogen (secondary N) is 2. The highest BCUT2D eigenvalue weighted by Gasteiger charge is 2.12. The van der Waals surface area contributed by atoms with Gasteiger partial charge in [-0.2, -0.15) is 0 Å². The number of nitrogens with zero attached hydrogens (tertiary/aromatic N) is 2. The largest absolute Gasteiger partial charge is 0.507 e. The number of phenolic OH excluding ortho intramolecular Hbond substituents is 1. The smallest absolute Gasteiger partial charge is 0.234 e. The van der Waals surface area contributed by atoms with Crippen LogP contribution in [0.1, 0.15) is 0 Å². The Morgan fingerprint density at radius 1 is 1.27 bits per heavy atom. The van der Waals surface area contributed by atoms with E-state index in [0.717, 1.165) is 8.95 Å². The van der Waals surface area contributed by atoms with E-state index in [-0.39, 0.29) is 17.4 Å². The van der Waals surface area contributed by atoms with Crippen molar-refractivity contribution in [2.45, 2.75) is 5.16 Å². The second-order valence-corrected chi connectivity index (χ2v) is 8.21. The molecule has 2 aromatic carbocycles. The van der Waals surface area contributed by atoms with E-state index in [4.69, 9.17) is 11.6 Å². The maximum Gasteiger partial charge on any atom is 0.234 e. The summed E-state index contributed by atoms with van der Waals surface area (Å²) in [6, 6.07) is 10.2. The molecule has 3 N–H and O–H groups in total. The third-order valence-electron chi connectivity index (χ3n) is 3.21. The molecular weight excluding hydrogens is 508 g/mol. The quantitative estimate of drug-likeness (QED) is 0.410. The number of carbonyl (C=O) groups excluding carboxylic acids is 1. The normalized spacial score (nSPS) is 10.7. The van der Waals surface area contributed by atoms with Gasteiger partial charge in [0.05, 0.1) is 16.3 Å². The zero-order chi connectivity index (χ0) is 18.7. The summed E-state index contributed by atoms with van der Waals surface area (Å²) in [4.78, 5) is 16.4. The molecule has 10 heteroatoms. The Morgan fingerprint density at radius 2 is 2.08 bits per heavy atom. The van der Waals surface area contributed by atoms with Crippen LogP contribution in [0.25, 0.3) is 11.4 Å². The lowest BCUT2D eigenvalue weighted by Crippen LogP contribution is -2.14. The molecule has 1 aromatic heterocycles. The highest BCUT2D eigenvalue weighted by Crippen LogP contribution is 2.30. The lowest BCUT2D eigenvalue weighted by molar-refractivity contribution is -0.113. The number of hydrogen-bond acceptors (Lipinski definition) is 5. The Hall–Kier alpha value is -1.55. The first kappa shape index (κ1) is 19.2. The molecule has 1 amide bonds. The fourth-order valence-electron chi connectivity index (χ4n) is 2.03. The Morgan fingerprint density at radius 3 is 2.85 bits per heavy atom. The number of anilines is 1. The van der Waals surface area contributed by atoms with Crippen LogP contribution in [0.3, 0.4) is 0 Å². The number of rotatable bonds is 5. The summed E-state index contributed by atoms with van der Waals surface area (Å²) in [6.45, 7) is 0. The minimum absolute atomic E-state index is 0.0887. The predicted octanol–water partition coefficient (Wildman–Crippen LogP) is 5.09. The van der Waals surface area contributed by atoms with Gasteiger partial charge in [-0.25, -0.2) is 4.98 Å². The van der Waals surface area contributed by atoms with Crippen molar-refractivity contribution in [3.05, 3.63) is 50.4 Å². The number of H-pyrrole nitrogens is 1. The van der Waals surface area contributed by atoms with Crippen molar-refractivity contribution in [2.24, 2.45) is 0 Å². The van der Waals surface area contributed by atoms with Gasteiger partial charge in [-0.05, 0) is 52.3 Å². The Labute approximate surface area is 175 Å². The standard InChI is InChI=1S/C16H11Br2ClN4O2S/c17-8-1-4-13(24)10(5-8)15-21-16(23-22-15)26-7-14(25)20-9-2-3-11(18)12(19)6-9/h1-6,24H,7H2,(H,20,25)(H,21,22,23). The van der Waals surface area contributed by atoms with Crippen LogP contribution in [-0.4, -0.2) is 31.9 Å². The molecule has 0 spiro atoms. The third-order valence-corrected chi connectivity index (χ3v) is 5.79. The van der Waals surface area contributed by atoms with Crippen LogP contribution in [0.2, 0.25) is 5.02 Å². The lowest BCUT2D eigenvalue weighted by atomic mass is 10.2. The molecule has 6 nitrogen and oxygen atoms in total. The van der Waals surface area contributed by atoms with Gasteiger partial charge in [0.1, 0.15) is 5.75 Å². The van der Waals surface area contributed by atoms with Crippen LogP contribution in [0.4, 0.5) is 5.69 Å². The molecule has 0 fully saturated rings. The number of halogens is 3. The number of phenols is 1. The first-order valence-corrected chi connectivity index (χ1v) is 10.2. The third kappa shape index (κ3) is 4.79. The zero-order valence-corrected chi connectivity index (χ0v) is 17.7. The van der Waals surface area contributed by atoms with E-state index in [1.807, 2.05) is 0 Å². The van der Waals surface area contributed by atoms with E-state index < -0.39 is 0 Å². The molecule has 0 aliphatic heterocycles. The summed E-state index contributed by atoms with van der Waals surface area (Å²) in [6.07, 6.45) is 0. The number of amides is 1. The number of thioether (sulfide) groups is 1. The van der Waals surface area contributed by atoms with Crippen molar-refractivity contribution in [1.29, 1.82) is 0 Å². The molecule has 0 aliphatic carbocycles. The molecule has 134 valence electrons. The van der Waals surface area contributed by atoms with Crippen molar-refractivity contribution < 1.29 is 9.90 Å². The van der Waals surface area contributed by atoms with E-state index in [0.29, 0.717) is 27.3 Å². The van der Waals surface area contributed by atoms with Crippen LogP contribution in [0.5, 0.6) is 5.75 Å². The van der Waals surface area contributed by atoms with Gasteiger partial charge in [-0.3, -0.25) is 9.89 Å². The predicted molar refractivity (Wildman–Crippen MR) is 110 cm³/mol. The highest BCUT2D eigenvalue weighted by atomic mass is 79.9. The van der Waals surface area contributed by atoms with Crippen molar-refractivity contribution in [1.82, 2.24) is 15.2 Å². The maximum absolute atomic E-state index is 12.1. The summed E-state index contributed by atoms with van der Waals surface area (Å²) < 4.78 is 1.57. The molecule has 26 heavy (non-hydrogen) atoms. The van der Waals surface area contributed by atoms with Crippen LogP contribution in [0.15, 0.2) is 50.5 Å². The van der Waals surface area contributed by atoms with Gasteiger partial charge in [0.25, 0.3) is 0 Å². The van der Waals surface area contributed by atoms with Gasteiger partial charge in [0.2, 0.25) is 11.1 Å². The molecular formula is C16H11Br2ClN4O2S. The van der Waals surface area contributed by atoms with E-state index in [2.05, 4.69) is 52.4 Å². The number of aromatic nitrogens is 3. The van der Waals surface area contributed by atoms with Crippen LogP contribution in [-0.2, 0) is 4.79 Å².